The second-order valence-electron chi connectivity index (χ2n) is 4.82. The van der Waals surface area contributed by atoms with Crippen molar-refractivity contribution in [2.75, 3.05) is 26.2 Å². The maximum Gasteiger partial charge on any atom is 0.0235 e. The maximum absolute atomic E-state index is 3.61. The van der Waals surface area contributed by atoms with Gasteiger partial charge in [0.2, 0.25) is 0 Å². The number of nitrogens with zero attached hydrogens (tertiary/aromatic N) is 1. The summed E-state index contributed by atoms with van der Waals surface area (Å²) in [5.41, 5.74) is 1.42. The minimum Gasteiger partial charge on any atom is -0.311 e. The van der Waals surface area contributed by atoms with Gasteiger partial charge in [-0.15, -0.1) is 11.8 Å². The SMILES string of the molecule is CC#CCCN1CCNC(Cc2ccccc2)C1. The molecule has 0 spiro atoms. The van der Waals surface area contributed by atoms with Gasteiger partial charge in [0.15, 0.2) is 0 Å². The molecule has 1 N–H and O–H groups in total. The summed E-state index contributed by atoms with van der Waals surface area (Å²) in [6.45, 7) is 6.40. The predicted molar refractivity (Wildman–Crippen MR) is 76.4 cm³/mol. The molecule has 2 nitrogen and oxygen atoms in total. The van der Waals surface area contributed by atoms with Crippen LogP contribution in [0, 0.1) is 11.8 Å². The first kappa shape index (κ1) is 13.1. The first-order valence-corrected chi connectivity index (χ1v) is 6.78. The molecule has 0 bridgehead atoms. The molecule has 0 radical (unpaired) electrons. The van der Waals surface area contributed by atoms with E-state index in [2.05, 4.69) is 52.4 Å². The van der Waals surface area contributed by atoms with Crippen LogP contribution in [0.15, 0.2) is 30.3 Å². The Morgan fingerprint density at radius 2 is 2.17 bits per heavy atom. The third-order valence-electron chi connectivity index (χ3n) is 3.39. The van der Waals surface area contributed by atoms with Crippen molar-refractivity contribution in [1.29, 1.82) is 0 Å². The minimum atomic E-state index is 0.579. The largest absolute Gasteiger partial charge is 0.311 e. The molecule has 0 amide bonds. The predicted octanol–water partition coefficient (Wildman–Crippen LogP) is 1.92. The lowest BCUT2D eigenvalue weighted by Crippen LogP contribution is -2.51. The zero-order chi connectivity index (χ0) is 12.6. The van der Waals surface area contributed by atoms with E-state index in [1.165, 1.54) is 5.56 Å². The molecule has 2 heteroatoms. The van der Waals surface area contributed by atoms with E-state index < -0.39 is 0 Å². The summed E-state index contributed by atoms with van der Waals surface area (Å²) in [5, 5.41) is 3.61. The van der Waals surface area contributed by atoms with E-state index in [9.17, 15) is 0 Å². The van der Waals surface area contributed by atoms with Crippen LogP contribution < -0.4 is 5.32 Å². The number of rotatable bonds is 4. The van der Waals surface area contributed by atoms with Gasteiger partial charge in [-0.1, -0.05) is 30.3 Å². The van der Waals surface area contributed by atoms with E-state index >= 15 is 0 Å². The van der Waals surface area contributed by atoms with Gasteiger partial charge in [-0.05, 0) is 18.9 Å². The second kappa shape index (κ2) is 7.20. The van der Waals surface area contributed by atoms with Crippen molar-refractivity contribution in [3.8, 4) is 11.8 Å². The van der Waals surface area contributed by atoms with Crippen LogP contribution in [0.25, 0.3) is 0 Å². The van der Waals surface area contributed by atoms with Crippen molar-refractivity contribution >= 4 is 0 Å². The first-order valence-electron chi connectivity index (χ1n) is 6.78. The fraction of sp³-hybridized carbons (Fsp3) is 0.500. The maximum atomic E-state index is 3.61. The number of hydrogen-bond acceptors (Lipinski definition) is 2. The summed E-state index contributed by atoms with van der Waals surface area (Å²) in [4.78, 5) is 2.52. The second-order valence-corrected chi connectivity index (χ2v) is 4.82. The number of benzene rings is 1. The number of hydrogen-bond donors (Lipinski definition) is 1. The fourth-order valence-electron chi connectivity index (χ4n) is 2.47. The van der Waals surface area contributed by atoms with Crippen LogP contribution in [0.5, 0.6) is 0 Å². The molecule has 1 saturated heterocycles. The van der Waals surface area contributed by atoms with Crippen LogP contribution in [-0.4, -0.2) is 37.1 Å². The van der Waals surface area contributed by atoms with Crippen molar-refractivity contribution in [3.05, 3.63) is 35.9 Å². The van der Waals surface area contributed by atoms with E-state index in [0.717, 1.165) is 39.0 Å². The van der Waals surface area contributed by atoms with Crippen LogP contribution in [0.1, 0.15) is 18.9 Å². The molecule has 1 unspecified atom stereocenters. The Labute approximate surface area is 110 Å². The first-order chi connectivity index (χ1) is 8.88. The Hall–Kier alpha value is -1.30. The molecule has 1 aromatic rings. The van der Waals surface area contributed by atoms with Gasteiger partial charge in [-0.25, -0.2) is 0 Å². The monoisotopic (exact) mass is 242 g/mol. The van der Waals surface area contributed by atoms with E-state index in [1.54, 1.807) is 0 Å². The third kappa shape index (κ3) is 4.18. The molecule has 0 aliphatic carbocycles. The third-order valence-corrected chi connectivity index (χ3v) is 3.39. The van der Waals surface area contributed by atoms with E-state index in [-0.39, 0.29) is 0 Å². The van der Waals surface area contributed by atoms with Crippen molar-refractivity contribution in [2.24, 2.45) is 0 Å². The Balaban J connectivity index is 1.80. The molecule has 1 aliphatic heterocycles. The van der Waals surface area contributed by atoms with Crippen molar-refractivity contribution < 1.29 is 0 Å². The van der Waals surface area contributed by atoms with Crippen molar-refractivity contribution in [1.82, 2.24) is 10.2 Å². The lowest BCUT2D eigenvalue weighted by molar-refractivity contribution is 0.203. The molecule has 18 heavy (non-hydrogen) atoms. The molecule has 96 valence electrons. The lowest BCUT2D eigenvalue weighted by atomic mass is 10.0. The van der Waals surface area contributed by atoms with Crippen LogP contribution in [0.3, 0.4) is 0 Å². The van der Waals surface area contributed by atoms with Crippen molar-refractivity contribution in [2.45, 2.75) is 25.8 Å². The molecule has 1 atom stereocenters. The van der Waals surface area contributed by atoms with E-state index in [0.29, 0.717) is 6.04 Å². The Bertz CT molecular complexity index is 402. The average Bonchev–Trinajstić information content (AvgIpc) is 2.41. The molecule has 1 aromatic carbocycles. The lowest BCUT2D eigenvalue weighted by Gasteiger charge is -2.33. The highest BCUT2D eigenvalue weighted by molar-refractivity contribution is 5.16. The molecular formula is C16H22N2. The molecular weight excluding hydrogens is 220 g/mol. The summed E-state index contributed by atoms with van der Waals surface area (Å²) in [6.07, 6.45) is 2.12. The highest BCUT2D eigenvalue weighted by Crippen LogP contribution is 2.07. The smallest absolute Gasteiger partial charge is 0.0235 e. The fourth-order valence-corrected chi connectivity index (χ4v) is 2.47. The summed E-state index contributed by atoms with van der Waals surface area (Å²) in [5.74, 6) is 6.11. The van der Waals surface area contributed by atoms with Gasteiger partial charge in [0.25, 0.3) is 0 Å². The van der Waals surface area contributed by atoms with Crippen LogP contribution in [0.4, 0.5) is 0 Å². The molecule has 2 rings (SSSR count). The summed E-state index contributed by atoms with van der Waals surface area (Å²) in [6, 6.07) is 11.3. The average molecular weight is 242 g/mol. The molecule has 0 aromatic heterocycles. The van der Waals surface area contributed by atoms with Gasteiger partial charge < -0.3 is 5.32 Å². The highest BCUT2D eigenvalue weighted by Gasteiger charge is 2.18. The molecule has 1 heterocycles. The zero-order valence-corrected chi connectivity index (χ0v) is 11.2. The van der Waals surface area contributed by atoms with Crippen molar-refractivity contribution in [3.63, 3.8) is 0 Å². The van der Waals surface area contributed by atoms with Crippen LogP contribution >= 0.6 is 0 Å². The van der Waals surface area contributed by atoms with Gasteiger partial charge in [-0.2, -0.15) is 0 Å². The van der Waals surface area contributed by atoms with Gasteiger partial charge in [-0.3, -0.25) is 4.90 Å². The summed E-state index contributed by atoms with van der Waals surface area (Å²) >= 11 is 0. The summed E-state index contributed by atoms with van der Waals surface area (Å²) in [7, 11) is 0. The standard InChI is InChI=1S/C16H22N2/c1-2-3-7-11-18-12-10-17-16(14-18)13-15-8-5-4-6-9-15/h4-6,8-9,16-17H,7,10-14H2,1H3. The zero-order valence-electron chi connectivity index (χ0n) is 11.2. The van der Waals surface area contributed by atoms with Crippen LogP contribution in [0.2, 0.25) is 0 Å². The topological polar surface area (TPSA) is 15.3 Å². The Morgan fingerprint density at radius 3 is 2.94 bits per heavy atom. The van der Waals surface area contributed by atoms with Gasteiger partial charge >= 0.3 is 0 Å². The number of piperazine rings is 1. The quantitative estimate of drug-likeness (QED) is 0.812. The van der Waals surface area contributed by atoms with Gasteiger partial charge in [0.05, 0.1) is 0 Å². The Kier molecular flexibility index (Phi) is 5.26. The van der Waals surface area contributed by atoms with Gasteiger partial charge in [0.1, 0.15) is 0 Å². The molecule has 1 fully saturated rings. The van der Waals surface area contributed by atoms with E-state index in [1.807, 2.05) is 6.92 Å². The minimum absolute atomic E-state index is 0.579. The Morgan fingerprint density at radius 1 is 1.33 bits per heavy atom. The normalized spacial score (nSPS) is 20.2. The molecule has 0 saturated carbocycles. The highest BCUT2D eigenvalue weighted by atomic mass is 15.2. The molecule has 1 aliphatic rings. The summed E-state index contributed by atoms with van der Waals surface area (Å²) < 4.78 is 0. The van der Waals surface area contributed by atoms with Gasteiger partial charge in [0, 0.05) is 38.6 Å². The number of nitrogens with one attached hydrogen (secondary N) is 1. The van der Waals surface area contributed by atoms with E-state index in [4.69, 9.17) is 0 Å². The van der Waals surface area contributed by atoms with Crippen LogP contribution in [-0.2, 0) is 6.42 Å².